The predicted octanol–water partition coefficient (Wildman–Crippen LogP) is 2.75. The highest BCUT2D eigenvalue weighted by molar-refractivity contribution is 6.42. The van der Waals surface area contributed by atoms with Crippen molar-refractivity contribution in [2.24, 2.45) is 0 Å². The summed E-state index contributed by atoms with van der Waals surface area (Å²) in [6.07, 6.45) is 0. The molecule has 1 N–H and O–H groups in total. The minimum atomic E-state index is -0.657. The van der Waals surface area contributed by atoms with Crippen LogP contribution < -0.4 is 5.32 Å². The molecule has 29 heavy (non-hydrogen) atoms. The topological polar surface area (TPSA) is 65.1 Å². The van der Waals surface area contributed by atoms with Crippen LogP contribution in [0.1, 0.15) is 18.5 Å². The second-order valence-corrected chi connectivity index (χ2v) is 8.09. The lowest BCUT2D eigenvalue weighted by atomic mass is 9.94. The fourth-order valence-electron chi connectivity index (χ4n) is 3.56. The van der Waals surface area contributed by atoms with E-state index in [1.54, 1.807) is 32.2 Å². The first kappa shape index (κ1) is 21.9. The number of hydrogen-bond donors (Lipinski definition) is 1. The molecule has 9 heteroatoms. The molecular weight excluding hydrogens is 415 g/mol. The lowest BCUT2D eigenvalue weighted by Gasteiger charge is -2.39. The molecule has 0 aromatic heterocycles. The maximum absolute atomic E-state index is 12.9. The van der Waals surface area contributed by atoms with E-state index in [4.69, 9.17) is 27.9 Å². The lowest BCUT2D eigenvalue weighted by Crippen LogP contribution is -2.51. The third-order valence-corrected chi connectivity index (χ3v) is 6.06. The smallest absolute Gasteiger partial charge is 0.338 e. The van der Waals surface area contributed by atoms with Crippen LogP contribution in [0.5, 0.6) is 0 Å². The molecule has 2 aliphatic heterocycles. The Labute approximate surface area is 181 Å². The quantitative estimate of drug-likeness (QED) is 0.712. The van der Waals surface area contributed by atoms with Crippen molar-refractivity contribution in [2.75, 3.05) is 53.4 Å². The number of carbonyl (C=O) groups excluding carboxylic acids is 2. The molecule has 3 rings (SSSR count). The van der Waals surface area contributed by atoms with Gasteiger partial charge in [0.25, 0.3) is 0 Å². The molecule has 1 saturated heterocycles. The van der Waals surface area contributed by atoms with Crippen LogP contribution in [0.2, 0.25) is 10.0 Å². The minimum absolute atomic E-state index is 0.246. The van der Waals surface area contributed by atoms with Gasteiger partial charge in [-0.25, -0.2) is 9.59 Å². The van der Waals surface area contributed by atoms with E-state index in [-0.39, 0.29) is 12.6 Å². The average molecular weight is 441 g/mol. The molecule has 2 aliphatic rings. The van der Waals surface area contributed by atoms with Gasteiger partial charge in [-0.3, -0.25) is 9.80 Å². The minimum Gasteiger partial charge on any atom is -0.463 e. The van der Waals surface area contributed by atoms with Crippen LogP contribution in [-0.4, -0.2) is 80.1 Å². The van der Waals surface area contributed by atoms with Gasteiger partial charge < -0.3 is 15.0 Å². The molecule has 1 aromatic carbocycles. The summed E-state index contributed by atoms with van der Waals surface area (Å²) < 4.78 is 5.35. The number of ether oxygens (including phenoxy) is 1. The summed E-state index contributed by atoms with van der Waals surface area (Å²) in [5.74, 6) is -0.445. The summed E-state index contributed by atoms with van der Waals surface area (Å²) >= 11 is 12.2. The Bertz CT molecular complexity index is 822. The maximum atomic E-state index is 12.9. The van der Waals surface area contributed by atoms with E-state index in [0.717, 1.165) is 26.2 Å². The van der Waals surface area contributed by atoms with Crippen molar-refractivity contribution >= 4 is 35.2 Å². The van der Waals surface area contributed by atoms with Gasteiger partial charge >= 0.3 is 12.0 Å². The van der Waals surface area contributed by atoms with E-state index < -0.39 is 12.0 Å². The van der Waals surface area contributed by atoms with Gasteiger partial charge in [0, 0.05) is 45.5 Å². The molecule has 0 radical (unpaired) electrons. The first-order chi connectivity index (χ1) is 13.8. The summed E-state index contributed by atoms with van der Waals surface area (Å²) in [5, 5.41) is 3.67. The van der Waals surface area contributed by atoms with E-state index >= 15 is 0 Å². The molecule has 1 fully saturated rings. The van der Waals surface area contributed by atoms with E-state index in [2.05, 4.69) is 22.2 Å². The Morgan fingerprint density at radius 1 is 1.17 bits per heavy atom. The number of urea groups is 1. The molecule has 0 unspecified atom stereocenters. The van der Waals surface area contributed by atoms with Gasteiger partial charge in [-0.15, -0.1) is 0 Å². The molecule has 2 heterocycles. The number of rotatable bonds is 5. The highest BCUT2D eigenvalue weighted by atomic mass is 35.5. The van der Waals surface area contributed by atoms with E-state index in [1.165, 1.54) is 4.90 Å². The molecule has 0 spiro atoms. The van der Waals surface area contributed by atoms with Gasteiger partial charge in [0.15, 0.2) is 0 Å². The Hall–Kier alpha value is -1.80. The Kier molecular flexibility index (Phi) is 7.05. The van der Waals surface area contributed by atoms with Gasteiger partial charge in [-0.1, -0.05) is 29.3 Å². The van der Waals surface area contributed by atoms with E-state index in [0.29, 0.717) is 33.4 Å². The third kappa shape index (κ3) is 4.86. The molecule has 0 saturated carbocycles. The predicted molar refractivity (Wildman–Crippen MR) is 113 cm³/mol. The Morgan fingerprint density at radius 2 is 1.86 bits per heavy atom. The SMILES string of the molecule is CCOC(=O)C1=C(CN2CCN(C)CC2)N(C)C(=O)N[C@H]1c1ccc(Cl)c(Cl)c1. The van der Waals surface area contributed by atoms with Crippen molar-refractivity contribution in [1.82, 2.24) is 20.0 Å². The van der Waals surface area contributed by atoms with Gasteiger partial charge in [-0.2, -0.15) is 0 Å². The van der Waals surface area contributed by atoms with Crippen molar-refractivity contribution in [3.63, 3.8) is 0 Å². The third-order valence-electron chi connectivity index (χ3n) is 5.32. The van der Waals surface area contributed by atoms with Crippen LogP contribution in [0.3, 0.4) is 0 Å². The average Bonchev–Trinajstić information content (AvgIpc) is 2.69. The number of hydrogen-bond acceptors (Lipinski definition) is 5. The standard InChI is InChI=1S/C20H26Cl2N4O3/c1-4-29-19(27)17-16(12-26-9-7-24(2)8-10-26)25(3)20(28)23-18(17)13-5-6-14(21)15(22)11-13/h5-6,11,18H,4,7-10,12H2,1-3H3,(H,23,28)/t18-/m0/s1. The number of carbonyl (C=O) groups is 2. The largest absolute Gasteiger partial charge is 0.463 e. The number of benzene rings is 1. The monoisotopic (exact) mass is 440 g/mol. The van der Waals surface area contributed by atoms with Gasteiger partial charge in [-0.05, 0) is 31.7 Å². The molecule has 1 atom stereocenters. The van der Waals surface area contributed by atoms with Crippen molar-refractivity contribution < 1.29 is 14.3 Å². The van der Waals surface area contributed by atoms with Gasteiger partial charge in [0.05, 0.1) is 28.3 Å². The first-order valence-electron chi connectivity index (χ1n) is 9.62. The zero-order valence-electron chi connectivity index (χ0n) is 16.9. The van der Waals surface area contributed by atoms with Crippen molar-refractivity contribution in [3.05, 3.63) is 45.1 Å². The summed E-state index contributed by atoms with van der Waals surface area (Å²) in [7, 11) is 3.76. The van der Waals surface area contributed by atoms with Crippen LogP contribution >= 0.6 is 23.2 Å². The van der Waals surface area contributed by atoms with Crippen LogP contribution in [0, 0.1) is 0 Å². The van der Waals surface area contributed by atoms with Gasteiger partial charge in [0.2, 0.25) is 0 Å². The summed E-state index contributed by atoms with van der Waals surface area (Å²) in [4.78, 5) is 31.6. The number of esters is 1. The van der Waals surface area contributed by atoms with Crippen molar-refractivity contribution in [3.8, 4) is 0 Å². The van der Waals surface area contributed by atoms with Crippen LogP contribution in [-0.2, 0) is 9.53 Å². The van der Waals surface area contributed by atoms with E-state index in [1.807, 2.05) is 0 Å². The number of likely N-dealkylation sites (N-methyl/N-ethyl adjacent to an activating group) is 2. The van der Waals surface area contributed by atoms with Crippen molar-refractivity contribution in [2.45, 2.75) is 13.0 Å². The number of nitrogens with zero attached hydrogens (tertiary/aromatic N) is 3. The normalized spacial score (nSPS) is 21.3. The van der Waals surface area contributed by atoms with E-state index in [9.17, 15) is 9.59 Å². The first-order valence-corrected chi connectivity index (χ1v) is 10.4. The number of nitrogens with one attached hydrogen (secondary N) is 1. The van der Waals surface area contributed by atoms with Crippen LogP contribution in [0.4, 0.5) is 4.79 Å². The zero-order valence-corrected chi connectivity index (χ0v) is 18.4. The summed E-state index contributed by atoms with van der Waals surface area (Å²) in [6.45, 7) is 6.10. The lowest BCUT2D eigenvalue weighted by molar-refractivity contribution is -0.139. The van der Waals surface area contributed by atoms with Crippen LogP contribution in [0.25, 0.3) is 0 Å². The molecule has 2 amide bonds. The second-order valence-electron chi connectivity index (χ2n) is 7.28. The second kappa shape index (κ2) is 9.34. The molecule has 0 bridgehead atoms. The highest BCUT2D eigenvalue weighted by Crippen LogP contribution is 2.34. The number of piperazine rings is 1. The fourth-order valence-corrected chi connectivity index (χ4v) is 3.86. The molecule has 1 aromatic rings. The molecule has 7 nitrogen and oxygen atoms in total. The molecule has 0 aliphatic carbocycles. The molecular formula is C20H26Cl2N4O3. The molecule has 158 valence electrons. The van der Waals surface area contributed by atoms with Crippen molar-refractivity contribution in [1.29, 1.82) is 0 Å². The van der Waals surface area contributed by atoms with Crippen LogP contribution in [0.15, 0.2) is 29.5 Å². The summed E-state index contributed by atoms with van der Waals surface area (Å²) in [5.41, 5.74) is 1.75. The maximum Gasteiger partial charge on any atom is 0.338 e. The Balaban J connectivity index is 2.03. The highest BCUT2D eigenvalue weighted by Gasteiger charge is 2.37. The zero-order chi connectivity index (χ0) is 21.1. The van der Waals surface area contributed by atoms with Gasteiger partial charge in [0.1, 0.15) is 0 Å². The summed E-state index contributed by atoms with van der Waals surface area (Å²) in [6, 6.07) is 4.16. The Morgan fingerprint density at radius 3 is 2.48 bits per heavy atom. The number of halogens is 2. The fraction of sp³-hybridized carbons (Fsp3) is 0.500. The number of amides is 2.